The highest BCUT2D eigenvalue weighted by molar-refractivity contribution is 7.80. The van der Waals surface area contributed by atoms with Crippen LogP contribution in [-0.4, -0.2) is 40.4 Å². The van der Waals surface area contributed by atoms with Crippen LogP contribution in [0.5, 0.6) is 0 Å². The fraction of sp³-hybridized carbons (Fsp3) is 0.733. The van der Waals surface area contributed by atoms with Gasteiger partial charge >= 0.3 is 6.18 Å². The molecule has 37 heavy (non-hydrogen) atoms. The highest BCUT2D eigenvalue weighted by Crippen LogP contribution is 2.58. The van der Waals surface area contributed by atoms with Crippen molar-refractivity contribution in [2.75, 3.05) is 18.0 Å². The first kappa shape index (κ1) is 24.6. The summed E-state index contributed by atoms with van der Waals surface area (Å²) < 4.78 is 41.4. The molecule has 4 bridgehead atoms. The summed E-state index contributed by atoms with van der Waals surface area (Å²) in [7, 11) is 0. The minimum atomic E-state index is -4.38. The predicted molar refractivity (Wildman–Crippen MR) is 145 cm³/mol. The van der Waals surface area contributed by atoms with Crippen molar-refractivity contribution in [2.45, 2.75) is 101 Å². The first-order chi connectivity index (χ1) is 17.8. The molecule has 3 nitrogen and oxygen atoms in total. The fourth-order valence-corrected chi connectivity index (χ4v) is 10.1. The van der Waals surface area contributed by atoms with E-state index in [1.165, 1.54) is 50.7 Å². The molecule has 7 heteroatoms. The molecule has 5 saturated carbocycles. The van der Waals surface area contributed by atoms with E-state index in [2.05, 4.69) is 4.90 Å². The van der Waals surface area contributed by atoms with Gasteiger partial charge in [0.25, 0.3) is 0 Å². The van der Waals surface area contributed by atoms with Crippen LogP contribution in [-0.2, 0) is 6.18 Å². The number of likely N-dealkylation sites (tertiary alicyclic amines) is 1. The lowest BCUT2D eigenvalue weighted by atomic mass is 9.53. The Kier molecular flexibility index (Phi) is 5.82. The van der Waals surface area contributed by atoms with Crippen molar-refractivity contribution in [3.05, 3.63) is 29.8 Å². The number of anilines is 1. The summed E-state index contributed by atoms with van der Waals surface area (Å²) in [5.74, 6) is 3.27. The molecule has 0 amide bonds. The van der Waals surface area contributed by atoms with Gasteiger partial charge in [0.2, 0.25) is 0 Å². The number of nitrogens with zero attached hydrogens (tertiary/aromatic N) is 3. The van der Waals surface area contributed by atoms with Gasteiger partial charge < -0.3 is 0 Å². The molecule has 1 aromatic carbocycles. The Balaban J connectivity index is 1.39. The van der Waals surface area contributed by atoms with Crippen molar-refractivity contribution in [1.29, 1.82) is 0 Å². The van der Waals surface area contributed by atoms with Crippen molar-refractivity contribution in [3.8, 4) is 0 Å². The molecule has 2 saturated heterocycles. The molecule has 1 aromatic rings. The van der Waals surface area contributed by atoms with Gasteiger partial charge in [0.05, 0.1) is 22.1 Å². The molecule has 2 heterocycles. The van der Waals surface area contributed by atoms with E-state index in [4.69, 9.17) is 17.2 Å². The van der Waals surface area contributed by atoms with E-state index in [0.29, 0.717) is 5.69 Å². The molecule has 200 valence electrons. The molecule has 1 atom stereocenters. The van der Waals surface area contributed by atoms with Crippen LogP contribution >= 0.6 is 12.2 Å². The zero-order chi connectivity index (χ0) is 25.4. The third-order valence-electron chi connectivity index (χ3n) is 10.7. The minimum absolute atomic E-state index is 0.0578. The quantitative estimate of drug-likeness (QED) is 0.375. The molecule has 0 aromatic heterocycles. The van der Waals surface area contributed by atoms with Crippen LogP contribution in [0, 0.1) is 23.2 Å². The maximum atomic E-state index is 13.8. The van der Waals surface area contributed by atoms with E-state index < -0.39 is 11.7 Å². The summed E-state index contributed by atoms with van der Waals surface area (Å²) in [6.45, 7) is 2.07. The molecule has 7 aliphatic rings. The molecule has 8 rings (SSSR count). The maximum absolute atomic E-state index is 13.8. The molecular weight excluding hydrogens is 491 g/mol. The van der Waals surface area contributed by atoms with E-state index in [1.54, 1.807) is 6.07 Å². The van der Waals surface area contributed by atoms with Crippen LogP contribution in [0.4, 0.5) is 18.9 Å². The number of amidine groups is 1. The number of rotatable bonds is 3. The molecule has 0 N–H and O–H groups in total. The number of halogens is 3. The summed E-state index contributed by atoms with van der Waals surface area (Å²) in [5, 5.41) is 0. The summed E-state index contributed by atoms with van der Waals surface area (Å²) in [6.07, 6.45) is 10.9. The van der Waals surface area contributed by atoms with E-state index in [-0.39, 0.29) is 17.0 Å². The lowest BCUT2D eigenvalue weighted by Crippen LogP contribution is -2.53. The van der Waals surface area contributed by atoms with Gasteiger partial charge in [-0.25, -0.2) is 0 Å². The van der Waals surface area contributed by atoms with Crippen LogP contribution < -0.4 is 4.90 Å². The number of aliphatic imine (C=N–C) groups is 1. The molecule has 0 radical (unpaired) electrons. The Morgan fingerprint density at radius 1 is 0.865 bits per heavy atom. The molecule has 7 fully saturated rings. The zero-order valence-corrected chi connectivity index (χ0v) is 22.4. The first-order valence-corrected chi connectivity index (χ1v) is 15.0. The van der Waals surface area contributed by atoms with E-state index in [1.807, 2.05) is 11.0 Å². The van der Waals surface area contributed by atoms with Gasteiger partial charge in [-0.1, -0.05) is 37.5 Å². The van der Waals surface area contributed by atoms with Crippen molar-refractivity contribution in [1.82, 2.24) is 4.90 Å². The standard InChI is InChI=1S/C30H38F3N3S/c31-30(32,33)23-7-6-8-24(16-23)36-26(34-28-17-20-13-21(18-28)15-22(14-20)19-28)25(35-11-4-5-12-35)29(27(36)37)9-2-1-3-10-29/h6-8,16,20-22,25H,1-5,9-15,17-19H2/t20?,21?,22?,25-,28?/m0/s1. The monoisotopic (exact) mass is 529 g/mol. The predicted octanol–water partition coefficient (Wildman–Crippen LogP) is 7.64. The Labute approximate surface area is 223 Å². The number of hydrogen-bond acceptors (Lipinski definition) is 3. The van der Waals surface area contributed by atoms with Crippen LogP contribution in [0.3, 0.4) is 0 Å². The Morgan fingerprint density at radius 3 is 2.08 bits per heavy atom. The summed E-state index contributed by atoms with van der Waals surface area (Å²) in [5.41, 5.74) is -0.315. The van der Waals surface area contributed by atoms with Crippen LogP contribution in [0.15, 0.2) is 29.3 Å². The first-order valence-electron chi connectivity index (χ1n) is 14.6. The summed E-state index contributed by atoms with van der Waals surface area (Å²) in [6, 6.07) is 5.93. The average molecular weight is 530 g/mol. The smallest absolute Gasteiger partial charge is 0.293 e. The highest BCUT2D eigenvalue weighted by atomic mass is 32.1. The fourth-order valence-electron chi connectivity index (χ4n) is 9.62. The van der Waals surface area contributed by atoms with Gasteiger partial charge in [0.1, 0.15) is 5.84 Å². The largest absolute Gasteiger partial charge is 0.416 e. The molecular formula is C30H38F3N3S. The van der Waals surface area contributed by atoms with Gasteiger partial charge in [-0.3, -0.25) is 14.8 Å². The van der Waals surface area contributed by atoms with Gasteiger partial charge in [0, 0.05) is 11.1 Å². The summed E-state index contributed by atoms with van der Waals surface area (Å²) in [4.78, 5) is 11.2. The second kappa shape index (κ2) is 8.77. The lowest BCUT2D eigenvalue weighted by Gasteiger charge is -2.55. The van der Waals surface area contributed by atoms with E-state index in [0.717, 1.165) is 86.6 Å². The van der Waals surface area contributed by atoms with Gasteiger partial charge in [-0.15, -0.1) is 0 Å². The molecule has 2 aliphatic heterocycles. The van der Waals surface area contributed by atoms with Crippen molar-refractivity contribution < 1.29 is 13.2 Å². The average Bonchev–Trinajstić information content (AvgIpc) is 3.44. The van der Waals surface area contributed by atoms with Crippen LogP contribution in [0.25, 0.3) is 0 Å². The number of benzene rings is 1. The Hall–Kier alpha value is -1.47. The van der Waals surface area contributed by atoms with Gasteiger partial charge in [0.15, 0.2) is 0 Å². The van der Waals surface area contributed by atoms with Crippen molar-refractivity contribution in [2.24, 2.45) is 28.2 Å². The Bertz CT molecular complexity index is 1060. The summed E-state index contributed by atoms with van der Waals surface area (Å²) >= 11 is 6.33. The van der Waals surface area contributed by atoms with E-state index in [9.17, 15) is 13.2 Å². The van der Waals surface area contributed by atoms with Crippen molar-refractivity contribution in [3.63, 3.8) is 0 Å². The molecule has 1 spiro atoms. The van der Waals surface area contributed by atoms with Gasteiger partial charge in [-0.2, -0.15) is 13.2 Å². The highest BCUT2D eigenvalue weighted by Gasteiger charge is 2.59. The molecule has 5 aliphatic carbocycles. The topological polar surface area (TPSA) is 18.8 Å². The third kappa shape index (κ3) is 4.00. The van der Waals surface area contributed by atoms with Crippen LogP contribution in [0.1, 0.15) is 89.0 Å². The lowest BCUT2D eigenvalue weighted by molar-refractivity contribution is -0.137. The second-order valence-corrected chi connectivity index (χ2v) is 13.5. The second-order valence-electron chi connectivity index (χ2n) is 13.2. The zero-order valence-electron chi connectivity index (χ0n) is 21.6. The normalized spacial score (nSPS) is 38.4. The maximum Gasteiger partial charge on any atom is 0.416 e. The van der Waals surface area contributed by atoms with E-state index >= 15 is 0 Å². The van der Waals surface area contributed by atoms with Crippen LogP contribution in [0.2, 0.25) is 0 Å². The van der Waals surface area contributed by atoms with Gasteiger partial charge in [-0.05, 0) is 113 Å². The SMILES string of the molecule is FC(F)(F)c1cccc(N2C(=S)C3(CCCCC3)[C@@H](N3CCCC3)C2=NC23CC4CC(CC(C4)C2)C3)c1. The molecule has 0 unspecified atom stereocenters. The van der Waals surface area contributed by atoms with Crippen molar-refractivity contribution >= 4 is 28.7 Å². The third-order valence-corrected chi connectivity index (χ3v) is 11.3. The number of alkyl halides is 3. The Morgan fingerprint density at radius 2 is 1.49 bits per heavy atom. The number of hydrogen-bond donors (Lipinski definition) is 0. The minimum Gasteiger partial charge on any atom is -0.293 e. The number of thiocarbonyl (C=S) groups is 1.